The molecule has 3 aliphatic heterocycles. The molecule has 1 aliphatic carbocycles. The molecule has 4 aliphatic rings. The van der Waals surface area contributed by atoms with Crippen molar-refractivity contribution in [3.8, 4) is 5.75 Å². The molecule has 1 unspecified atom stereocenters. The second kappa shape index (κ2) is 10.2. The Hall–Kier alpha value is -3.32. The molecular formula is C28H39N7O5S. The lowest BCUT2D eigenvalue weighted by molar-refractivity contribution is -0.0749. The standard InChI is InChI=1S/C28H39N7O5S/c1-19-15-34(16-27(3,4)40-19)23-14-29-17-30-25(23)35-18-39-26(31-35)32-41(37,38)20(2)21-6-5-7-22(24(21)36)33-12-10-28(8-9-28)11-13-33/h5-7,14,17,19-20,36H,8-13,15-16,18H2,1-4H3,(H,31,32)/t19?,20-/m1/s1. The van der Waals surface area contributed by atoms with Crippen LogP contribution in [0.15, 0.2) is 35.8 Å². The highest BCUT2D eigenvalue weighted by Crippen LogP contribution is 2.54. The second-order valence-corrected chi connectivity index (χ2v) is 14.4. The van der Waals surface area contributed by atoms with E-state index in [4.69, 9.17) is 9.47 Å². The van der Waals surface area contributed by atoms with Gasteiger partial charge < -0.3 is 24.4 Å². The lowest BCUT2D eigenvalue weighted by atomic mass is 9.93. The van der Waals surface area contributed by atoms with Crippen LogP contribution in [0.3, 0.4) is 0 Å². The van der Waals surface area contributed by atoms with E-state index in [9.17, 15) is 13.5 Å². The number of anilines is 3. The lowest BCUT2D eigenvalue weighted by Crippen LogP contribution is -2.52. The summed E-state index contributed by atoms with van der Waals surface area (Å²) in [5, 5.41) is 16.0. The number of amidine groups is 1. The van der Waals surface area contributed by atoms with Gasteiger partial charge in [-0.25, -0.2) is 28.1 Å². The zero-order chi connectivity index (χ0) is 29.0. The molecular weight excluding hydrogens is 546 g/mol. The number of phenols is 1. The smallest absolute Gasteiger partial charge is 0.322 e. The number of sulfonamides is 1. The third kappa shape index (κ3) is 5.61. The summed E-state index contributed by atoms with van der Waals surface area (Å²) in [7, 11) is -4.00. The van der Waals surface area contributed by atoms with Crippen molar-refractivity contribution in [1.82, 2.24) is 14.7 Å². The Morgan fingerprint density at radius 3 is 2.59 bits per heavy atom. The highest BCUT2D eigenvalue weighted by atomic mass is 32.2. The Bertz CT molecular complexity index is 1440. The minimum atomic E-state index is -4.00. The van der Waals surface area contributed by atoms with Crippen LogP contribution in [0.4, 0.5) is 17.2 Å². The predicted octanol–water partition coefficient (Wildman–Crippen LogP) is 3.31. The molecule has 4 heterocycles. The van der Waals surface area contributed by atoms with Gasteiger partial charge in [0.25, 0.3) is 0 Å². The molecule has 1 spiro atoms. The van der Waals surface area contributed by atoms with Gasteiger partial charge in [0.2, 0.25) is 10.0 Å². The Balaban J connectivity index is 1.18. The van der Waals surface area contributed by atoms with Gasteiger partial charge in [0.15, 0.2) is 12.5 Å². The Labute approximate surface area is 241 Å². The van der Waals surface area contributed by atoms with Crippen LogP contribution < -0.4 is 19.5 Å². The molecule has 3 fully saturated rings. The fourth-order valence-electron chi connectivity index (χ4n) is 6.23. The maximum absolute atomic E-state index is 13.4. The van der Waals surface area contributed by atoms with Gasteiger partial charge in [0.05, 0.1) is 23.6 Å². The van der Waals surface area contributed by atoms with Crippen LogP contribution in [0.1, 0.15) is 64.2 Å². The van der Waals surface area contributed by atoms with E-state index in [-0.39, 0.29) is 30.2 Å². The quantitative estimate of drug-likeness (QED) is 0.520. The van der Waals surface area contributed by atoms with Crippen molar-refractivity contribution >= 4 is 33.2 Å². The summed E-state index contributed by atoms with van der Waals surface area (Å²) in [5.74, 6) is 0.508. The van der Waals surface area contributed by atoms with Crippen LogP contribution >= 0.6 is 0 Å². The number of hydrogen-bond donors (Lipinski definition) is 2. The summed E-state index contributed by atoms with van der Waals surface area (Å²) in [6.07, 6.45) is 7.95. The molecule has 41 heavy (non-hydrogen) atoms. The molecule has 0 amide bonds. The topological polar surface area (TPSA) is 133 Å². The number of hydrazone groups is 1. The minimum absolute atomic E-state index is 0.00122. The number of nitrogens with zero attached hydrogens (tertiary/aromatic N) is 6. The number of nitrogens with one attached hydrogen (secondary N) is 1. The van der Waals surface area contributed by atoms with Crippen molar-refractivity contribution in [3.63, 3.8) is 0 Å². The average Bonchev–Trinajstić information content (AvgIpc) is 3.52. The molecule has 2 atom stereocenters. The summed E-state index contributed by atoms with van der Waals surface area (Å²) in [6, 6.07) is 5.15. The fourth-order valence-corrected chi connectivity index (χ4v) is 7.28. The number of morpholine rings is 1. The molecule has 0 radical (unpaired) electrons. The maximum atomic E-state index is 13.4. The first-order valence-corrected chi connectivity index (χ1v) is 15.8. The Morgan fingerprint density at radius 1 is 1.12 bits per heavy atom. The Kier molecular flexibility index (Phi) is 6.92. The van der Waals surface area contributed by atoms with E-state index in [1.54, 1.807) is 25.3 Å². The van der Waals surface area contributed by atoms with Crippen molar-refractivity contribution < 1.29 is 23.0 Å². The minimum Gasteiger partial charge on any atom is -0.505 e. The molecule has 1 aromatic heterocycles. The number of phenolic OH excluding ortho intramolecular Hbond substituents is 1. The summed E-state index contributed by atoms with van der Waals surface area (Å²) >= 11 is 0. The van der Waals surface area contributed by atoms with Crippen LogP contribution in [-0.4, -0.2) is 74.1 Å². The monoisotopic (exact) mass is 585 g/mol. The van der Waals surface area contributed by atoms with E-state index >= 15 is 0 Å². The van der Waals surface area contributed by atoms with Crippen molar-refractivity contribution in [1.29, 1.82) is 0 Å². The summed E-state index contributed by atoms with van der Waals surface area (Å²) < 4.78 is 41.0. The summed E-state index contributed by atoms with van der Waals surface area (Å²) in [4.78, 5) is 12.9. The van der Waals surface area contributed by atoms with Gasteiger partial charge in [-0.05, 0) is 64.9 Å². The van der Waals surface area contributed by atoms with Crippen molar-refractivity contribution in [2.24, 2.45) is 10.5 Å². The third-order valence-electron chi connectivity index (χ3n) is 8.66. The zero-order valence-corrected chi connectivity index (χ0v) is 24.9. The van der Waals surface area contributed by atoms with Crippen LogP contribution in [0.25, 0.3) is 0 Å². The van der Waals surface area contributed by atoms with Gasteiger partial charge in [-0.2, -0.15) is 0 Å². The largest absolute Gasteiger partial charge is 0.505 e. The van der Waals surface area contributed by atoms with E-state index in [2.05, 4.69) is 29.6 Å². The van der Waals surface area contributed by atoms with Crippen molar-refractivity contribution in [2.45, 2.75) is 70.3 Å². The first kappa shape index (κ1) is 27.8. The molecule has 2 aromatic rings. The molecule has 6 rings (SSSR count). The van der Waals surface area contributed by atoms with Crippen LogP contribution in [0.2, 0.25) is 0 Å². The van der Waals surface area contributed by atoms with Crippen LogP contribution in [-0.2, 0) is 19.5 Å². The van der Waals surface area contributed by atoms with Crippen molar-refractivity contribution in [3.05, 3.63) is 36.3 Å². The van der Waals surface area contributed by atoms with Crippen LogP contribution in [0.5, 0.6) is 5.75 Å². The summed E-state index contributed by atoms with van der Waals surface area (Å²) in [5.41, 5.74) is 1.91. The molecule has 12 nitrogen and oxygen atoms in total. The van der Waals surface area contributed by atoms with E-state index in [1.165, 1.54) is 24.2 Å². The molecule has 0 bridgehead atoms. The molecule has 1 saturated carbocycles. The van der Waals surface area contributed by atoms with Gasteiger partial charge in [-0.3, -0.25) is 0 Å². The fraction of sp³-hybridized carbons (Fsp3) is 0.607. The van der Waals surface area contributed by atoms with Gasteiger partial charge in [-0.1, -0.05) is 12.1 Å². The molecule has 2 N–H and O–H groups in total. The summed E-state index contributed by atoms with van der Waals surface area (Å²) in [6.45, 7) is 10.6. The number of hydrogen-bond acceptors (Lipinski definition) is 11. The van der Waals surface area contributed by atoms with Gasteiger partial charge in [0.1, 0.15) is 23.0 Å². The molecule has 1 aromatic carbocycles. The number of rotatable bonds is 6. The number of aromatic nitrogens is 2. The highest BCUT2D eigenvalue weighted by Gasteiger charge is 2.45. The van der Waals surface area contributed by atoms with Gasteiger partial charge in [0, 0.05) is 31.7 Å². The normalized spacial score (nSPS) is 24.1. The van der Waals surface area contributed by atoms with Crippen molar-refractivity contribution in [2.75, 3.05) is 47.7 Å². The number of piperidine rings is 1. The number of para-hydroxylation sites is 1. The SMILES string of the molecule is CC1CN(c2cncnc2N2COC(NS(=O)(=O)[C@H](C)c3cccc(N4CCC5(CC4)CC5)c3O)=N2)CC(C)(C)O1. The van der Waals surface area contributed by atoms with Crippen LogP contribution in [0, 0.1) is 5.41 Å². The third-order valence-corrected chi connectivity index (χ3v) is 10.3. The second-order valence-electron chi connectivity index (χ2n) is 12.4. The first-order chi connectivity index (χ1) is 19.5. The predicted molar refractivity (Wildman–Crippen MR) is 156 cm³/mol. The number of benzene rings is 1. The van der Waals surface area contributed by atoms with E-state index in [1.807, 2.05) is 26.8 Å². The van der Waals surface area contributed by atoms with E-state index in [0.717, 1.165) is 31.6 Å². The van der Waals surface area contributed by atoms with E-state index < -0.39 is 15.3 Å². The van der Waals surface area contributed by atoms with E-state index in [0.29, 0.717) is 35.6 Å². The maximum Gasteiger partial charge on any atom is 0.322 e. The highest BCUT2D eigenvalue weighted by molar-refractivity contribution is 7.90. The number of ether oxygens (including phenoxy) is 2. The molecule has 2 saturated heterocycles. The first-order valence-electron chi connectivity index (χ1n) is 14.3. The molecule has 222 valence electrons. The van der Waals surface area contributed by atoms with Gasteiger partial charge >= 0.3 is 6.02 Å². The lowest BCUT2D eigenvalue weighted by Gasteiger charge is -2.43. The van der Waals surface area contributed by atoms with Gasteiger partial charge in [-0.15, -0.1) is 5.10 Å². The Morgan fingerprint density at radius 2 is 1.88 bits per heavy atom. The zero-order valence-electron chi connectivity index (χ0n) is 24.1. The molecule has 13 heteroatoms. The number of aromatic hydroxyl groups is 1. The average molecular weight is 586 g/mol.